The third-order valence-electron chi connectivity index (χ3n) is 2.82. The van der Waals surface area contributed by atoms with E-state index in [9.17, 15) is 0 Å². The lowest BCUT2D eigenvalue weighted by atomic mass is 10.6. The molecule has 0 rings (SSSR count). The summed E-state index contributed by atoms with van der Waals surface area (Å²) in [6, 6.07) is 0.938. The van der Waals surface area contributed by atoms with E-state index >= 15 is 0 Å². The highest BCUT2D eigenvalue weighted by molar-refractivity contribution is 7.80. The van der Waals surface area contributed by atoms with Gasteiger partial charge in [-0.05, 0) is 90.2 Å². The summed E-state index contributed by atoms with van der Waals surface area (Å²) in [5, 5.41) is 0. The molecule has 0 aromatic carbocycles. The molecular weight excluding hydrogens is 405 g/mol. The zero-order valence-corrected chi connectivity index (χ0v) is 23.6. The van der Waals surface area contributed by atoms with Crippen LogP contribution in [0.25, 0.3) is 0 Å². The maximum absolute atomic E-state index is 6.66. The lowest BCUT2D eigenvalue weighted by molar-refractivity contribution is 0.293. The van der Waals surface area contributed by atoms with E-state index in [0.29, 0.717) is 0 Å². The highest BCUT2D eigenvalue weighted by Crippen LogP contribution is 2.29. The van der Waals surface area contributed by atoms with Crippen LogP contribution < -0.4 is 0 Å². The fourth-order valence-electron chi connectivity index (χ4n) is 3.08. The minimum absolute atomic E-state index is 0.850. The lowest BCUT2D eigenvalue weighted by Crippen LogP contribution is -2.59. The smallest absolute Gasteiger partial charge is 0.317 e. The molecule has 0 aromatic heterocycles. The second-order valence-electron chi connectivity index (χ2n) is 9.39. The Morgan fingerprint density at radius 1 is 0.583 bits per heavy atom. The maximum Gasteiger partial charge on any atom is 0.317 e. The highest BCUT2D eigenvalue weighted by atomic mass is 32.1. The molecule has 0 aliphatic carbocycles. The van der Waals surface area contributed by atoms with Crippen LogP contribution in [0.2, 0.25) is 78.1 Å². The Kier molecular flexibility index (Phi) is 9.45. The van der Waals surface area contributed by atoms with Gasteiger partial charge < -0.3 is 16.5 Å². The Morgan fingerprint density at radius 3 is 1.17 bits per heavy atom. The van der Waals surface area contributed by atoms with E-state index in [1.165, 1.54) is 0 Å². The van der Waals surface area contributed by atoms with Crippen LogP contribution in [-0.4, -0.2) is 48.1 Å². The van der Waals surface area contributed by atoms with Crippen molar-refractivity contribution in [1.82, 2.24) is 0 Å². The molecule has 0 fully saturated rings. The molecule has 4 nitrogen and oxygen atoms in total. The number of hydrogen-bond donors (Lipinski definition) is 1. The summed E-state index contributed by atoms with van der Waals surface area (Å²) in [6.45, 7) is 24.1. The van der Waals surface area contributed by atoms with Gasteiger partial charge in [0, 0.05) is 0 Å². The molecule has 10 heteroatoms. The van der Waals surface area contributed by atoms with E-state index < -0.39 is 42.3 Å². The van der Waals surface area contributed by atoms with Crippen molar-refractivity contribution in [2.45, 2.75) is 84.5 Å². The van der Waals surface area contributed by atoms with Gasteiger partial charge in [-0.15, -0.1) is 0 Å². The van der Waals surface area contributed by atoms with Crippen molar-refractivity contribution in [3.05, 3.63) is 0 Å². The minimum Gasteiger partial charge on any atom is -0.437 e. The molecule has 0 bridgehead atoms. The van der Waals surface area contributed by atoms with Gasteiger partial charge in [-0.3, -0.25) is 0 Å². The monoisotopic (exact) mass is 444 g/mol. The first-order valence-electron chi connectivity index (χ1n) is 8.80. The molecule has 146 valence electrons. The van der Waals surface area contributed by atoms with E-state index in [4.69, 9.17) is 16.5 Å². The van der Waals surface area contributed by atoms with Crippen LogP contribution in [-0.2, 0) is 16.5 Å². The predicted octanol–water partition coefficient (Wildman–Crippen LogP) is 5.52. The van der Waals surface area contributed by atoms with Crippen molar-refractivity contribution < 1.29 is 16.5 Å². The first kappa shape index (κ1) is 25.3. The van der Waals surface area contributed by atoms with Gasteiger partial charge in [0.25, 0.3) is 0 Å². The molecule has 0 atom stereocenters. The Balaban J connectivity index is 5.26. The van der Waals surface area contributed by atoms with Gasteiger partial charge in [-0.2, -0.15) is 12.6 Å². The third-order valence-corrected chi connectivity index (χ3v) is 20.6. The topological polar surface area (TPSA) is 36.9 Å². The van der Waals surface area contributed by atoms with Gasteiger partial charge >= 0.3 is 25.7 Å². The van der Waals surface area contributed by atoms with Crippen LogP contribution in [0.15, 0.2) is 0 Å². The van der Waals surface area contributed by atoms with Crippen molar-refractivity contribution in [2.75, 3.05) is 5.75 Å². The minimum atomic E-state index is -2.37. The number of thiol groups is 1. The molecule has 0 saturated heterocycles. The quantitative estimate of drug-likeness (QED) is 0.336. The molecule has 0 N–H and O–H groups in total. The van der Waals surface area contributed by atoms with Gasteiger partial charge in [0.1, 0.15) is 0 Å². The SMILES string of the molecule is C[Si](C)(C)O[Si](C)(C)O[Si](C)(CCCS)O[Si](C)(C)O[Si](C)(C)C. The van der Waals surface area contributed by atoms with E-state index in [1.54, 1.807) is 0 Å². The standard InChI is InChI=1S/C14H40O4SSi5/c1-20(2,3)15-22(7,8)17-24(11,14-12-13-19)18-23(9,10)16-21(4,5)6/h19H,12-14H2,1-11H3. The summed E-state index contributed by atoms with van der Waals surface area (Å²) < 4.78 is 26.1. The zero-order chi connectivity index (χ0) is 19.4. The normalized spacial score (nSPS) is 15.0. The van der Waals surface area contributed by atoms with E-state index in [-0.39, 0.29) is 0 Å². The third kappa shape index (κ3) is 12.6. The first-order valence-corrected chi connectivity index (χ1v) is 24.4. The van der Waals surface area contributed by atoms with Gasteiger partial charge in [0.2, 0.25) is 0 Å². The molecule has 0 aliphatic rings. The highest BCUT2D eigenvalue weighted by Gasteiger charge is 2.46. The summed E-state index contributed by atoms with van der Waals surface area (Å²) in [4.78, 5) is 0. The Morgan fingerprint density at radius 2 is 0.917 bits per heavy atom. The Bertz CT molecular complexity index is 364. The molecule has 0 aliphatic heterocycles. The molecule has 0 spiro atoms. The summed E-state index contributed by atoms with van der Waals surface area (Å²) >= 11 is 4.38. The molecule has 0 amide bonds. The maximum atomic E-state index is 6.66. The zero-order valence-electron chi connectivity index (χ0n) is 17.7. The largest absolute Gasteiger partial charge is 0.437 e. The van der Waals surface area contributed by atoms with E-state index in [0.717, 1.165) is 18.2 Å². The molecule has 0 radical (unpaired) electrons. The van der Waals surface area contributed by atoms with Crippen molar-refractivity contribution in [2.24, 2.45) is 0 Å². The van der Waals surface area contributed by atoms with E-state index in [2.05, 4.69) is 84.6 Å². The summed E-state index contributed by atoms with van der Waals surface area (Å²) in [7, 11) is -10.1. The number of hydrogen-bond acceptors (Lipinski definition) is 5. The van der Waals surface area contributed by atoms with Gasteiger partial charge in [0.15, 0.2) is 16.6 Å². The van der Waals surface area contributed by atoms with Crippen molar-refractivity contribution >= 4 is 54.9 Å². The van der Waals surface area contributed by atoms with Crippen LogP contribution >= 0.6 is 12.6 Å². The lowest BCUT2D eigenvalue weighted by Gasteiger charge is -2.43. The number of rotatable bonds is 11. The fraction of sp³-hybridized carbons (Fsp3) is 1.00. The molecule has 0 heterocycles. The average Bonchev–Trinajstić information content (AvgIpc) is 2.16. The molecular formula is C14H40O4SSi5. The molecule has 0 aromatic rings. The van der Waals surface area contributed by atoms with Crippen molar-refractivity contribution in [3.8, 4) is 0 Å². The summed E-state index contributed by atoms with van der Waals surface area (Å²) in [5.74, 6) is 0.850. The van der Waals surface area contributed by atoms with Crippen molar-refractivity contribution in [3.63, 3.8) is 0 Å². The summed E-state index contributed by atoms with van der Waals surface area (Å²) in [6.07, 6.45) is 1.00. The second-order valence-corrected chi connectivity index (χ2v) is 29.9. The van der Waals surface area contributed by atoms with Crippen LogP contribution in [0.3, 0.4) is 0 Å². The second kappa shape index (κ2) is 8.98. The van der Waals surface area contributed by atoms with Gasteiger partial charge in [-0.25, -0.2) is 0 Å². The average molecular weight is 445 g/mol. The van der Waals surface area contributed by atoms with Crippen LogP contribution in [0, 0.1) is 0 Å². The van der Waals surface area contributed by atoms with Crippen LogP contribution in [0.5, 0.6) is 0 Å². The molecule has 0 saturated carbocycles. The van der Waals surface area contributed by atoms with Gasteiger partial charge in [0.05, 0.1) is 0 Å². The van der Waals surface area contributed by atoms with Gasteiger partial charge in [-0.1, -0.05) is 0 Å². The van der Waals surface area contributed by atoms with Crippen LogP contribution in [0.1, 0.15) is 6.42 Å². The first-order chi connectivity index (χ1) is 10.4. The Hall–Kier alpha value is 1.27. The summed E-state index contributed by atoms with van der Waals surface area (Å²) in [5.41, 5.74) is 0. The van der Waals surface area contributed by atoms with Crippen molar-refractivity contribution in [1.29, 1.82) is 0 Å². The predicted molar refractivity (Wildman–Crippen MR) is 121 cm³/mol. The van der Waals surface area contributed by atoms with E-state index in [1.807, 2.05) is 0 Å². The molecule has 24 heavy (non-hydrogen) atoms. The van der Waals surface area contributed by atoms with Crippen LogP contribution in [0.4, 0.5) is 0 Å². The molecule has 0 unspecified atom stereocenters. The Labute approximate surface area is 161 Å². The fourth-order valence-corrected chi connectivity index (χ4v) is 26.9.